The third-order valence-electron chi connectivity index (χ3n) is 3.23. The molecule has 1 aliphatic heterocycles. The molecule has 1 saturated heterocycles. The van der Waals surface area contributed by atoms with Crippen LogP contribution in [0.1, 0.15) is 25.8 Å². The minimum Gasteiger partial charge on any atom is -0.387 e. The summed E-state index contributed by atoms with van der Waals surface area (Å²) in [4.78, 5) is 0. The average molecular weight is 205 g/mol. The quantitative estimate of drug-likeness (QED) is 0.787. The van der Waals surface area contributed by atoms with Gasteiger partial charge in [-0.15, -0.1) is 0 Å². The smallest absolute Gasteiger partial charge is 0.0903 e. The van der Waals surface area contributed by atoms with Gasteiger partial charge in [-0.05, 0) is 17.4 Å². The van der Waals surface area contributed by atoms with Crippen molar-refractivity contribution in [3.63, 3.8) is 0 Å². The third-order valence-corrected chi connectivity index (χ3v) is 3.23. The summed E-state index contributed by atoms with van der Waals surface area (Å²) in [6.45, 7) is 5.84. The van der Waals surface area contributed by atoms with Crippen LogP contribution in [-0.4, -0.2) is 23.8 Å². The predicted octanol–water partition coefficient (Wildman–Crippen LogP) is 1.69. The molecule has 0 spiro atoms. The summed E-state index contributed by atoms with van der Waals surface area (Å²) in [7, 11) is 0. The van der Waals surface area contributed by atoms with Crippen molar-refractivity contribution in [3.05, 3.63) is 35.9 Å². The van der Waals surface area contributed by atoms with E-state index in [1.54, 1.807) is 0 Å². The van der Waals surface area contributed by atoms with Gasteiger partial charge < -0.3 is 10.4 Å². The molecule has 1 fully saturated rings. The molecule has 0 atom stereocenters. The molecule has 0 aromatic heterocycles. The molecule has 2 rings (SSSR count). The lowest BCUT2D eigenvalue weighted by Gasteiger charge is -2.43. The summed E-state index contributed by atoms with van der Waals surface area (Å²) in [6, 6.07) is 10.4. The van der Waals surface area contributed by atoms with E-state index in [0.717, 1.165) is 19.5 Å². The Morgan fingerprint density at radius 2 is 1.87 bits per heavy atom. The number of aliphatic hydroxyl groups is 1. The molecule has 1 aromatic carbocycles. The van der Waals surface area contributed by atoms with E-state index in [1.807, 2.05) is 6.07 Å². The van der Waals surface area contributed by atoms with Crippen LogP contribution in [0.25, 0.3) is 0 Å². The van der Waals surface area contributed by atoms with Gasteiger partial charge in [-0.25, -0.2) is 0 Å². The van der Waals surface area contributed by atoms with E-state index in [-0.39, 0.29) is 5.41 Å². The molecule has 2 heteroatoms. The fourth-order valence-electron chi connectivity index (χ4n) is 2.35. The van der Waals surface area contributed by atoms with Gasteiger partial charge in [0.15, 0.2) is 0 Å². The van der Waals surface area contributed by atoms with Crippen LogP contribution in [-0.2, 0) is 5.41 Å². The molecule has 2 nitrogen and oxygen atoms in total. The van der Waals surface area contributed by atoms with Crippen molar-refractivity contribution in [3.8, 4) is 0 Å². The van der Waals surface area contributed by atoms with E-state index in [4.69, 9.17) is 0 Å². The Kier molecular flexibility index (Phi) is 2.57. The fourth-order valence-corrected chi connectivity index (χ4v) is 2.35. The highest BCUT2D eigenvalue weighted by atomic mass is 16.3. The Balaban J connectivity index is 2.13. The summed E-state index contributed by atoms with van der Waals surface area (Å²) >= 11 is 0. The zero-order chi connectivity index (χ0) is 10.9. The SMILES string of the molecule is CC(C)(CC1(O)CNC1)c1ccccc1. The monoisotopic (exact) mass is 205 g/mol. The van der Waals surface area contributed by atoms with E-state index >= 15 is 0 Å². The highest BCUT2D eigenvalue weighted by molar-refractivity contribution is 5.24. The van der Waals surface area contributed by atoms with Gasteiger partial charge in [-0.3, -0.25) is 0 Å². The summed E-state index contributed by atoms with van der Waals surface area (Å²) < 4.78 is 0. The van der Waals surface area contributed by atoms with E-state index in [9.17, 15) is 5.11 Å². The number of rotatable bonds is 3. The highest BCUT2D eigenvalue weighted by Gasteiger charge is 2.39. The average Bonchev–Trinajstić information content (AvgIpc) is 2.16. The molecule has 0 amide bonds. The van der Waals surface area contributed by atoms with Crippen molar-refractivity contribution in [2.24, 2.45) is 0 Å². The molecule has 0 unspecified atom stereocenters. The van der Waals surface area contributed by atoms with Gasteiger partial charge in [0, 0.05) is 13.1 Å². The van der Waals surface area contributed by atoms with Gasteiger partial charge in [0.05, 0.1) is 5.60 Å². The number of nitrogens with one attached hydrogen (secondary N) is 1. The molecule has 1 heterocycles. The molecule has 0 bridgehead atoms. The van der Waals surface area contributed by atoms with Crippen LogP contribution >= 0.6 is 0 Å². The van der Waals surface area contributed by atoms with Crippen LogP contribution in [0.4, 0.5) is 0 Å². The molecule has 0 saturated carbocycles. The topological polar surface area (TPSA) is 32.3 Å². The first-order chi connectivity index (χ1) is 7.02. The van der Waals surface area contributed by atoms with E-state index in [2.05, 4.69) is 43.4 Å². The van der Waals surface area contributed by atoms with Crippen molar-refractivity contribution >= 4 is 0 Å². The zero-order valence-electron chi connectivity index (χ0n) is 9.46. The van der Waals surface area contributed by atoms with Crippen LogP contribution < -0.4 is 5.32 Å². The summed E-state index contributed by atoms with van der Waals surface area (Å²) in [5.41, 5.74) is 0.836. The fraction of sp³-hybridized carbons (Fsp3) is 0.538. The molecule has 1 aromatic rings. The number of hydrogen-bond acceptors (Lipinski definition) is 2. The van der Waals surface area contributed by atoms with Crippen molar-refractivity contribution in [2.45, 2.75) is 31.3 Å². The van der Waals surface area contributed by atoms with Gasteiger partial charge in [-0.2, -0.15) is 0 Å². The Hall–Kier alpha value is -0.860. The van der Waals surface area contributed by atoms with Crippen molar-refractivity contribution < 1.29 is 5.11 Å². The highest BCUT2D eigenvalue weighted by Crippen LogP contribution is 2.33. The third kappa shape index (κ3) is 2.21. The first-order valence-corrected chi connectivity index (χ1v) is 5.51. The maximum atomic E-state index is 10.1. The second-order valence-electron chi connectivity index (χ2n) is 5.25. The van der Waals surface area contributed by atoms with Crippen LogP contribution in [0.3, 0.4) is 0 Å². The molecule has 0 radical (unpaired) electrons. The minimum absolute atomic E-state index is 0.0398. The van der Waals surface area contributed by atoms with Crippen LogP contribution in [0.15, 0.2) is 30.3 Å². The standard InChI is InChI=1S/C13H19NO/c1-12(2,8-13(15)9-14-10-13)11-6-4-3-5-7-11/h3-7,14-15H,8-10H2,1-2H3. The van der Waals surface area contributed by atoms with Crippen LogP contribution in [0.2, 0.25) is 0 Å². The molecule has 2 N–H and O–H groups in total. The van der Waals surface area contributed by atoms with Gasteiger partial charge >= 0.3 is 0 Å². The van der Waals surface area contributed by atoms with E-state index in [0.29, 0.717) is 0 Å². The number of benzene rings is 1. The normalized spacial score (nSPS) is 19.7. The van der Waals surface area contributed by atoms with Gasteiger partial charge in [0.1, 0.15) is 0 Å². The molecule has 0 aliphatic carbocycles. The lowest BCUT2D eigenvalue weighted by Crippen LogP contribution is -2.61. The predicted molar refractivity (Wildman–Crippen MR) is 61.9 cm³/mol. The lowest BCUT2D eigenvalue weighted by molar-refractivity contribution is -0.0322. The van der Waals surface area contributed by atoms with Crippen molar-refractivity contribution in [1.82, 2.24) is 5.32 Å². The summed E-state index contributed by atoms with van der Waals surface area (Å²) in [5, 5.41) is 13.3. The molecule has 1 aliphatic rings. The second kappa shape index (κ2) is 3.62. The molecular formula is C13H19NO. The Morgan fingerprint density at radius 3 is 2.33 bits per heavy atom. The summed E-state index contributed by atoms with van der Waals surface area (Å²) in [6.07, 6.45) is 0.816. The Bertz CT molecular complexity index is 328. The molecule has 82 valence electrons. The van der Waals surface area contributed by atoms with E-state index in [1.165, 1.54) is 5.56 Å². The zero-order valence-corrected chi connectivity index (χ0v) is 9.46. The van der Waals surface area contributed by atoms with Gasteiger partial charge in [-0.1, -0.05) is 44.2 Å². The Morgan fingerprint density at radius 1 is 1.27 bits per heavy atom. The van der Waals surface area contributed by atoms with Crippen LogP contribution in [0, 0.1) is 0 Å². The number of β-amino-alcohol motifs (C(OH)–C–C–N with tert-alkyl or cyclic N) is 1. The van der Waals surface area contributed by atoms with Gasteiger partial charge in [0.25, 0.3) is 0 Å². The van der Waals surface area contributed by atoms with Crippen molar-refractivity contribution in [1.29, 1.82) is 0 Å². The van der Waals surface area contributed by atoms with Gasteiger partial charge in [0.2, 0.25) is 0 Å². The first kappa shape index (κ1) is 10.7. The second-order valence-corrected chi connectivity index (χ2v) is 5.25. The summed E-state index contributed by atoms with van der Waals surface area (Å²) in [5.74, 6) is 0. The Labute approximate surface area is 91.3 Å². The minimum atomic E-state index is -0.501. The maximum Gasteiger partial charge on any atom is 0.0903 e. The van der Waals surface area contributed by atoms with Crippen LogP contribution in [0.5, 0.6) is 0 Å². The first-order valence-electron chi connectivity index (χ1n) is 5.51. The molecule has 15 heavy (non-hydrogen) atoms. The molecular weight excluding hydrogens is 186 g/mol. The van der Waals surface area contributed by atoms with Crippen molar-refractivity contribution in [2.75, 3.05) is 13.1 Å². The maximum absolute atomic E-state index is 10.1. The lowest BCUT2D eigenvalue weighted by atomic mass is 9.73. The number of hydrogen-bond donors (Lipinski definition) is 2. The van der Waals surface area contributed by atoms with E-state index < -0.39 is 5.60 Å². The largest absolute Gasteiger partial charge is 0.387 e.